The number of aryl methyl sites for hydroxylation is 1. The Balaban J connectivity index is 2.08. The molecule has 0 aromatic carbocycles. The van der Waals surface area contributed by atoms with E-state index in [4.69, 9.17) is 5.14 Å². The van der Waals surface area contributed by atoms with Crippen LogP contribution in [0.4, 0.5) is 0 Å². The minimum absolute atomic E-state index is 0.0127. The van der Waals surface area contributed by atoms with Crippen LogP contribution in [0.2, 0.25) is 0 Å². The van der Waals surface area contributed by atoms with Crippen molar-refractivity contribution in [3.8, 4) is 0 Å². The molecule has 0 radical (unpaired) electrons. The number of rotatable bonds is 3. The van der Waals surface area contributed by atoms with Crippen LogP contribution in [0.1, 0.15) is 36.2 Å². The number of carbonyl (C=O) groups excluding carboxylic acids is 1. The number of hydrogen-bond donors (Lipinski definition) is 3. The molecule has 0 spiro atoms. The number of hydrogen-bond acceptors (Lipinski definition) is 4. The number of aromatic nitrogens is 1. The van der Waals surface area contributed by atoms with E-state index in [1.165, 1.54) is 16.8 Å². The van der Waals surface area contributed by atoms with Crippen LogP contribution in [-0.2, 0) is 17.1 Å². The number of nitrogens with one attached hydrogen (secondary N) is 1. The molecule has 0 bridgehead atoms. The van der Waals surface area contributed by atoms with E-state index in [2.05, 4.69) is 5.32 Å². The molecule has 1 amide bonds. The fourth-order valence-electron chi connectivity index (χ4n) is 2.40. The molecule has 1 fully saturated rings. The molecular weight excluding hydrogens is 282 g/mol. The molecule has 7 nitrogen and oxygen atoms in total. The summed E-state index contributed by atoms with van der Waals surface area (Å²) in [5, 5.41) is 17.3. The van der Waals surface area contributed by atoms with Gasteiger partial charge in [0.05, 0.1) is 6.10 Å². The van der Waals surface area contributed by atoms with Crippen molar-refractivity contribution >= 4 is 15.9 Å². The first kappa shape index (κ1) is 15.0. The maximum Gasteiger partial charge on any atom is 0.268 e. The zero-order valence-electron chi connectivity index (χ0n) is 11.2. The van der Waals surface area contributed by atoms with E-state index in [-0.39, 0.29) is 28.6 Å². The molecular formula is C12H19N3O4S. The van der Waals surface area contributed by atoms with Gasteiger partial charge in [0.2, 0.25) is 10.0 Å². The molecule has 0 unspecified atom stereocenters. The minimum atomic E-state index is -3.81. The fourth-order valence-corrected chi connectivity index (χ4v) is 2.98. The second kappa shape index (κ2) is 5.55. The lowest BCUT2D eigenvalue weighted by molar-refractivity contribution is 0.0860. The molecule has 0 atom stereocenters. The van der Waals surface area contributed by atoms with Gasteiger partial charge in [0.25, 0.3) is 5.91 Å². The standard InChI is InChI=1S/C12H19N3O4S/c1-15-7-10(20(13,18)19)6-11(15)12(17)14-8-2-4-9(16)5-3-8/h6-9,16H,2-5H2,1H3,(H,14,17)(H2,13,18,19). The van der Waals surface area contributed by atoms with Gasteiger partial charge in [-0.3, -0.25) is 4.79 Å². The van der Waals surface area contributed by atoms with Crippen LogP contribution < -0.4 is 10.5 Å². The third-order valence-electron chi connectivity index (χ3n) is 3.57. The van der Waals surface area contributed by atoms with Crippen molar-refractivity contribution in [1.82, 2.24) is 9.88 Å². The Hall–Kier alpha value is -1.38. The van der Waals surface area contributed by atoms with E-state index in [9.17, 15) is 18.3 Å². The van der Waals surface area contributed by atoms with Crippen LogP contribution in [0, 0.1) is 0 Å². The first-order valence-corrected chi connectivity index (χ1v) is 8.00. The molecule has 8 heteroatoms. The van der Waals surface area contributed by atoms with E-state index in [0.717, 1.165) is 12.8 Å². The molecule has 4 N–H and O–H groups in total. The lowest BCUT2D eigenvalue weighted by atomic mass is 9.93. The fraction of sp³-hybridized carbons (Fsp3) is 0.583. The number of aliphatic hydroxyl groups is 1. The molecule has 20 heavy (non-hydrogen) atoms. The lowest BCUT2D eigenvalue weighted by Gasteiger charge is -2.26. The Morgan fingerprint density at radius 3 is 2.50 bits per heavy atom. The van der Waals surface area contributed by atoms with E-state index in [1.807, 2.05) is 0 Å². The third-order valence-corrected chi connectivity index (χ3v) is 4.45. The predicted molar refractivity (Wildman–Crippen MR) is 72.5 cm³/mol. The monoisotopic (exact) mass is 301 g/mol. The van der Waals surface area contributed by atoms with Crippen LogP contribution in [0.5, 0.6) is 0 Å². The average molecular weight is 301 g/mol. The largest absolute Gasteiger partial charge is 0.393 e. The second-order valence-corrected chi connectivity index (χ2v) is 6.76. The summed E-state index contributed by atoms with van der Waals surface area (Å²) < 4.78 is 23.9. The summed E-state index contributed by atoms with van der Waals surface area (Å²) in [5.74, 6) is -0.330. The number of carbonyl (C=O) groups is 1. The summed E-state index contributed by atoms with van der Waals surface area (Å²) in [4.78, 5) is 12.0. The van der Waals surface area contributed by atoms with Crippen molar-refractivity contribution in [3.63, 3.8) is 0 Å². The summed E-state index contributed by atoms with van der Waals surface area (Å²) in [6, 6.07) is 1.28. The van der Waals surface area contributed by atoms with Crippen LogP contribution in [0.15, 0.2) is 17.2 Å². The maximum atomic E-state index is 12.1. The third kappa shape index (κ3) is 3.38. The predicted octanol–water partition coefficient (Wildman–Crippen LogP) is -0.294. The quantitative estimate of drug-likeness (QED) is 0.711. The smallest absolute Gasteiger partial charge is 0.268 e. The Labute approximate surface area is 117 Å². The van der Waals surface area contributed by atoms with Gasteiger partial charge in [0.15, 0.2) is 0 Å². The van der Waals surface area contributed by atoms with Crippen LogP contribution in [-0.4, -0.2) is 36.1 Å². The Morgan fingerprint density at radius 2 is 2.00 bits per heavy atom. The topological polar surface area (TPSA) is 114 Å². The van der Waals surface area contributed by atoms with Gasteiger partial charge in [-0.15, -0.1) is 0 Å². The Bertz CT molecular complexity index is 600. The van der Waals surface area contributed by atoms with Crippen LogP contribution in [0.3, 0.4) is 0 Å². The normalized spacial score (nSPS) is 23.6. The van der Waals surface area contributed by atoms with Gasteiger partial charge in [0.1, 0.15) is 10.6 Å². The zero-order valence-corrected chi connectivity index (χ0v) is 12.1. The van der Waals surface area contributed by atoms with Gasteiger partial charge in [-0.1, -0.05) is 0 Å². The second-order valence-electron chi connectivity index (χ2n) is 5.20. The van der Waals surface area contributed by atoms with Crippen molar-refractivity contribution in [2.45, 2.75) is 42.7 Å². The highest BCUT2D eigenvalue weighted by molar-refractivity contribution is 7.89. The van der Waals surface area contributed by atoms with Gasteiger partial charge in [0, 0.05) is 19.3 Å². The highest BCUT2D eigenvalue weighted by atomic mass is 32.2. The first-order chi connectivity index (χ1) is 9.27. The summed E-state index contributed by atoms with van der Waals surface area (Å²) >= 11 is 0. The van der Waals surface area contributed by atoms with E-state index in [1.54, 1.807) is 7.05 Å². The number of aliphatic hydroxyl groups excluding tert-OH is 1. The van der Waals surface area contributed by atoms with E-state index < -0.39 is 10.0 Å². The van der Waals surface area contributed by atoms with Gasteiger partial charge in [-0.2, -0.15) is 0 Å². The molecule has 0 saturated heterocycles. The molecule has 1 aliphatic carbocycles. The van der Waals surface area contributed by atoms with E-state index in [0.29, 0.717) is 12.8 Å². The molecule has 1 aliphatic rings. The Kier molecular flexibility index (Phi) is 4.17. The van der Waals surface area contributed by atoms with Crippen LogP contribution in [0.25, 0.3) is 0 Å². The number of primary sulfonamides is 1. The van der Waals surface area contributed by atoms with Crippen molar-refractivity contribution in [2.75, 3.05) is 0 Å². The molecule has 112 valence electrons. The maximum absolute atomic E-state index is 12.1. The highest BCUT2D eigenvalue weighted by Gasteiger charge is 2.23. The number of sulfonamides is 1. The number of amides is 1. The molecule has 1 aromatic rings. The van der Waals surface area contributed by atoms with E-state index >= 15 is 0 Å². The van der Waals surface area contributed by atoms with Gasteiger partial charge in [-0.05, 0) is 31.7 Å². The zero-order chi connectivity index (χ0) is 14.9. The Morgan fingerprint density at radius 1 is 1.40 bits per heavy atom. The molecule has 0 aliphatic heterocycles. The SMILES string of the molecule is Cn1cc(S(N)(=O)=O)cc1C(=O)NC1CCC(O)CC1. The molecule has 2 rings (SSSR count). The van der Waals surface area contributed by atoms with Crippen molar-refractivity contribution in [2.24, 2.45) is 12.2 Å². The van der Waals surface area contributed by atoms with Gasteiger partial charge in [-0.25, -0.2) is 13.6 Å². The van der Waals surface area contributed by atoms with Crippen molar-refractivity contribution < 1.29 is 18.3 Å². The average Bonchev–Trinajstić information content (AvgIpc) is 2.74. The van der Waals surface area contributed by atoms with Gasteiger partial charge < -0.3 is 15.0 Å². The summed E-state index contributed by atoms with van der Waals surface area (Å²) in [7, 11) is -2.22. The lowest BCUT2D eigenvalue weighted by Crippen LogP contribution is -2.39. The van der Waals surface area contributed by atoms with Gasteiger partial charge >= 0.3 is 0 Å². The summed E-state index contributed by atoms with van der Waals surface area (Å²) in [6.07, 6.45) is 3.81. The number of nitrogens with two attached hydrogens (primary N) is 1. The molecule has 1 aromatic heterocycles. The molecule has 1 saturated carbocycles. The minimum Gasteiger partial charge on any atom is -0.393 e. The number of nitrogens with zero attached hydrogens (tertiary/aromatic N) is 1. The van der Waals surface area contributed by atoms with Crippen molar-refractivity contribution in [3.05, 3.63) is 18.0 Å². The van der Waals surface area contributed by atoms with Crippen LogP contribution >= 0.6 is 0 Å². The summed E-state index contributed by atoms with van der Waals surface area (Å²) in [5.41, 5.74) is 0.250. The highest BCUT2D eigenvalue weighted by Crippen LogP contribution is 2.19. The summed E-state index contributed by atoms with van der Waals surface area (Å²) in [6.45, 7) is 0. The first-order valence-electron chi connectivity index (χ1n) is 6.45. The van der Waals surface area contributed by atoms with Crippen molar-refractivity contribution in [1.29, 1.82) is 0 Å². The molecule has 1 heterocycles.